The lowest BCUT2D eigenvalue weighted by Gasteiger charge is -2.11. The predicted octanol–water partition coefficient (Wildman–Crippen LogP) is 2.15. The van der Waals surface area contributed by atoms with Crippen LogP contribution in [0.2, 0.25) is 0 Å². The molecule has 0 saturated carbocycles. The zero-order chi connectivity index (χ0) is 12.8. The van der Waals surface area contributed by atoms with Gasteiger partial charge in [-0.25, -0.2) is 9.97 Å². The van der Waals surface area contributed by atoms with Gasteiger partial charge in [-0.1, -0.05) is 12.1 Å². The van der Waals surface area contributed by atoms with Crippen LogP contribution in [-0.4, -0.2) is 29.0 Å². The minimum absolute atomic E-state index is 0.742. The van der Waals surface area contributed by atoms with Crippen LogP contribution in [0.5, 0.6) is 0 Å². The van der Waals surface area contributed by atoms with Crippen LogP contribution in [0.4, 0.5) is 5.69 Å². The van der Waals surface area contributed by atoms with E-state index in [9.17, 15) is 0 Å². The maximum Gasteiger partial charge on any atom is 0.115 e. The summed E-state index contributed by atoms with van der Waals surface area (Å²) in [6.45, 7) is 1.69. The summed E-state index contributed by atoms with van der Waals surface area (Å²) >= 11 is 0. The van der Waals surface area contributed by atoms with Crippen LogP contribution in [0.25, 0.3) is 0 Å². The van der Waals surface area contributed by atoms with Crippen molar-refractivity contribution >= 4 is 5.69 Å². The Labute approximate surface area is 108 Å². The molecular weight excluding hydrogens is 224 g/mol. The summed E-state index contributed by atoms with van der Waals surface area (Å²) in [7, 11) is 4.14. The van der Waals surface area contributed by atoms with Gasteiger partial charge < -0.3 is 10.2 Å². The quantitative estimate of drug-likeness (QED) is 0.872. The predicted molar refractivity (Wildman–Crippen MR) is 73.2 cm³/mol. The molecule has 2 rings (SSSR count). The average Bonchev–Trinajstić information content (AvgIpc) is 2.37. The van der Waals surface area contributed by atoms with Gasteiger partial charge in [0.15, 0.2) is 0 Å². The van der Waals surface area contributed by atoms with Gasteiger partial charge in [-0.05, 0) is 31.8 Å². The molecule has 0 aliphatic carbocycles. The van der Waals surface area contributed by atoms with E-state index < -0.39 is 0 Å². The molecule has 4 nitrogen and oxygen atoms in total. The van der Waals surface area contributed by atoms with E-state index >= 15 is 0 Å². The van der Waals surface area contributed by atoms with Crippen molar-refractivity contribution in [1.82, 2.24) is 14.9 Å². The first-order valence-corrected chi connectivity index (χ1v) is 5.95. The smallest absolute Gasteiger partial charge is 0.115 e. The molecule has 0 spiro atoms. The van der Waals surface area contributed by atoms with Crippen LogP contribution in [0.1, 0.15) is 11.1 Å². The second kappa shape index (κ2) is 6.12. The van der Waals surface area contributed by atoms with E-state index in [2.05, 4.69) is 58.5 Å². The van der Waals surface area contributed by atoms with Crippen molar-refractivity contribution in [2.24, 2.45) is 0 Å². The van der Waals surface area contributed by atoms with Crippen molar-refractivity contribution in [2.45, 2.75) is 13.1 Å². The van der Waals surface area contributed by atoms with Gasteiger partial charge in [0.2, 0.25) is 0 Å². The number of rotatable bonds is 5. The van der Waals surface area contributed by atoms with Crippen LogP contribution in [0, 0.1) is 0 Å². The average molecular weight is 242 g/mol. The Kier molecular flexibility index (Phi) is 4.25. The molecule has 1 N–H and O–H groups in total. The summed E-state index contributed by atoms with van der Waals surface area (Å²) in [5, 5.41) is 3.38. The lowest BCUT2D eigenvalue weighted by Crippen LogP contribution is -2.10. The van der Waals surface area contributed by atoms with Crippen LogP contribution >= 0.6 is 0 Å². The Bertz CT molecular complexity index is 482. The third-order valence-corrected chi connectivity index (χ3v) is 2.54. The molecule has 0 unspecified atom stereocenters. The zero-order valence-electron chi connectivity index (χ0n) is 10.8. The minimum atomic E-state index is 0.742. The highest BCUT2D eigenvalue weighted by Crippen LogP contribution is 2.12. The molecule has 0 bridgehead atoms. The number of nitrogens with one attached hydrogen (secondary N) is 1. The molecule has 0 fully saturated rings. The molecule has 0 saturated heterocycles. The van der Waals surface area contributed by atoms with Crippen molar-refractivity contribution < 1.29 is 0 Å². The maximum atomic E-state index is 4.00. The van der Waals surface area contributed by atoms with Crippen LogP contribution < -0.4 is 5.32 Å². The van der Waals surface area contributed by atoms with Crippen molar-refractivity contribution in [1.29, 1.82) is 0 Å². The Morgan fingerprint density at radius 2 is 1.89 bits per heavy atom. The highest BCUT2D eigenvalue weighted by Gasteiger charge is 1.98. The van der Waals surface area contributed by atoms with Gasteiger partial charge >= 0.3 is 0 Å². The Hall–Kier alpha value is -1.94. The van der Waals surface area contributed by atoms with Crippen molar-refractivity contribution in [3.05, 3.63) is 54.1 Å². The number of nitrogens with zero attached hydrogens (tertiary/aromatic N) is 3. The highest BCUT2D eigenvalue weighted by molar-refractivity contribution is 5.46. The first kappa shape index (κ1) is 12.5. The van der Waals surface area contributed by atoms with Gasteiger partial charge in [0.25, 0.3) is 0 Å². The second-order valence-electron chi connectivity index (χ2n) is 4.54. The molecule has 0 aliphatic heterocycles. The first-order valence-electron chi connectivity index (χ1n) is 5.95. The Balaban J connectivity index is 1.97. The van der Waals surface area contributed by atoms with E-state index in [0.717, 1.165) is 24.3 Å². The van der Waals surface area contributed by atoms with Gasteiger partial charge in [-0.3, -0.25) is 0 Å². The summed E-state index contributed by atoms with van der Waals surface area (Å²) in [4.78, 5) is 10.1. The molecule has 0 radical (unpaired) electrons. The lowest BCUT2D eigenvalue weighted by atomic mass is 10.2. The summed E-state index contributed by atoms with van der Waals surface area (Å²) in [5.41, 5.74) is 3.50. The molecule has 0 atom stereocenters. The SMILES string of the molecule is CN(C)Cc1cccc(NCc2cncnc2)c1. The molecule has 1 heterocycles. The van der Waals surface area contributed by atoms with Gasteiger partial charge in [0.05, 0.1) is 0 Å². The van der Waals surface area contributed by atoms with E-state index in [1.165, 1.54) is 5.56 Å². The van der Waals surface area contributed by atoms with Crippen molar-refractivity contribution in [3.8, 4) is 0 Å². The van der Waals surface area contributed by atoms with E-state index in [-0.39, 0.29) is 0 Å². The monoisotopic (exact) mass is 242 g/mol. The van der Waals surface area contributed by atoms with Gasteiger partial charge in [0.1, 0.15) is 6.33 Å². The number of hydrogen-bond donors (Lipinski definition) is 1. The largest absolute Gasteiger partial charge is 0.381 e. The molecular formula is C14H18N4. The lowest BCUT2D eigenvalue weighted by molar-refractivity contribution is 0.402. The van der Waals surface area contributed by atoms with E-state index in [0.29, 0.717) is 0 Å². The molecule has 18 heavy (non-hydrogen) atoms. The minimum Gasteiger partial charge on any atom is -0.381 e. The fourth-order valence-corrected chi connectivity index (χ4v) is 1.77. The normalized spacial score (nSPS) is 10.6. The van der Waals surface area contributed by atoms with Crippen LogP contribution in [0.3, 0.4) is 0 Å². The highest BCUT2D eigenvalue weighted by atomic mass is 15.0. The van der Waals surface area contributed by atoms with E-state index in [1.54, 1.807) is 6.33 Å². The van der Waals surface area contributed by atoms with Gasteiger partial charge in [0, 0.05) is 36.7 Å². The topological polar surface area (TPSA) is 41.0 Å². The standard InChI is InChI=1S/C14H18N4/c1-18(2)10-12-4-3-5-14(6-12)17-9-13-7-15-11-16-8-13/h3-8,11,17H,9-10H2,1-2H3. The first-order chi connectivity index (χ1) is 8.74. The molecule has 1 aromatic heterocycles. The molecule has 94 valence electrons. The maximum absolute atomic E-state index is 4.00. The van der Waals surface area contributed by atoms with Crippen molar-refractivity contribution in [2.75, 3.05) is 19.4 Å². The number of hydrogen-bond acceptors (Lipinski definition) is 4. The summed E-state index contributed by atoms with van der Waals surface area (Å²) in [6, 6.07) is 8.45. The molecule has 4 heteroatoms. The molecule has 2 aromatic rings. The third kappa shape index (κ3) is 3.82. The summed E-state index contributed by atoms with van der Waals surface area (Å²) < 4.78 is 0. The van der Waals surface area contributed by atoms with Crippen molar-refractivity contribution in [3.63, 3.8) is 0 Å². The fourth-order valence-electron chi connectivity index (χ4n) is 1.77. The summed E-state index contributed by atoms with van der Waals surface area (Å²) in [6.07, 6.45) is 5.19. The van der Waals surface area contributed by atoms with E-state index in [4.69, 9.17) is 0 Å². The summed E-state index contributed by atoms with van der Waals surface area (Å²) in [5.74, 6) is 0. The van der Waals surface area contributed by atoms with Gasteiger partial charge in [-0.15, -0.1) is 0 Å². The molecule has 0 amide bonds. The Morgan fingerprint density at radius 1 is 1.11 bits per heavy atom. The number of benzene rings is 1. The fraction of sp³-hybridized carbons (Fsp3) is 0.286. The van der Waals surface area contributed by atoms with Crippen LogP contribution in [0.15, 0.2) is 43.0 Å². The number of aromatic nitrogens is 2. The van der Waals surface area contributed by atoms with Crippen LogP contribution in [-0.2, 0) is 13.1 Å². The zero-order valence-corrected chi connectivity index (χ0v) is 10.8. The molecule has 1 aromatic carbocycles. The Morgan fingerprint density at radius 3 is 2.61 bits per heavy atom. The second-order valence-corrected chi connectivity index (χ2v) is 4.54. The molecule has 0 aliphatic rings. The third-order valence-electron chi connectivity index (χ3n) is 2.54. The van der Waals surface area contributed by atoms with Gasteiger partial charge in [-0.2, -0.15) is 0 Å². The van der Waals surface area contributed by atoms with E-state index in [1.807, 2.05) is 12.4 Å². The number of anilines is 1.